The van der Waals surface area contributed by atoms with Crippen LogP contribution in [0.4, 0.5) is 0 Å². The van der Waals surface area contributed by atoms with Gasteiger partial charge in [-0.3, -0.25) is 0 Å². The smallest absolute Gasteiger partial charge is 0.239 e. The minimum atomic E-state index is 0.197. The molecule has 0 unspecified atom stereocenters. The Morgan fingerprint density at radius 2 is 2.00 bits per heavy atom. The van der Waals surface area contributed by atoms with Crippen molar-refractivity contribution in [1.82, 2.24) is 10.1 Å². The van der Waals surface area contributed by atoms with Gasteiger partial charge < -0.3 is 9.26 Å². The predicted octanol–water partition coefficient (Wildman–Crippen LogP) is 3.56. The summed E-state index contributed by atoms with van der Waals surface area (Å²) < 4.78 is 10.8. The van der Waals surface area contributed by atoms with Gasteiger partial charge in [-0.25, -0.2) is 0 Å². The molecule has 0 bridgehead atoms. The van der Waals surface area contributed by atoms with Crippen LogP contribution in [-0.2, 0) is 0 Å². The standard InChI is InChI=1S/C14H18N2O2S/c1-10-4-6-13(7-5-10)17-8-9-19-11(2)14-15-12(3)16-18-14/h4-7,11H,8-9H2,1-3H3/t11-/m1/s1. The summed E-state index contributed by atoms with van der Waals surface area (Å²) in [7, 11) is 0. The molecule has 19 heavy (non-hydrogen) atoms. The van der Waals surface area contributed by atoms with Crippen molar-refractivity contribution >= 4 is 11.8 Å². The van der Waals surface area contributed by atoms with Gasteiger partial charge in [-0.1, -0.05) is 22.9 Å². The predicted molar refractivity (Wildman–Crippen MR) is 76.6 cm³/mol. The third-order valence-corrected chi connectivity index (χ3v) is 3.74. The molecule has 5 heteroatoms. The van der Waals surface area contributed by atoms with Crippen LogP contribution in [-0.4, -0.2) is 22.5 Å². The highest BCUT2D eigenvalue weighted by Crippen LogP contribution is 2.26. The summed E-state index contributed by atoms with van der Waals surface area (Å²) in [5.41, 5.74) is 1.24. The van der Waals surface area contributed by atoms with Crippen LogP contribution in [0.1, 0.15) is 29.5 Å². The Labute approximate surface area is 117 Å². The lowest BCUT2D eigenvalue weighted by Gasteiger charge is -2.08. The molecule has 4 nitrogen and oxygen atoms in total. The first-order chi connectivity index (χ1) is 9.15. The molecule has 0 aliphatic carbocycles. The van der Waals surface area contributed by atoms with E-state index in [4.69, 9.17) is 9.26 Å². The summed E-state index contributed by atoms with van der Waals surface area (Å²) in [5, 5.41) is 3.99. The number of hydrogen-bond acceptors (Lipinski definition) is 5. The van der Waals surface area contributed by atoms with Crippen LogP contribution >= 0.6 is 11.8 Å². The molecule has 0 aliphatic heterocycles. The van der Waals surface area contributed by atoms with Gasteiger partial charge in [0.15, 0.2) is 5.82 Å². The quantitative estimate of drug-likeness (QED) is 0.756. The number of rotatable bonds is 6. The van der Waals surface area contributed by atoms with E-state index in [-0.39, 0.29) is 5.25 Å². The number of aromatic nitrogens is 2. The van der Waals surface area contributed by atoms with Gasteiger partial charge in [0, 0.05) is 5.75 Å². The third kappa shape index (κ3) is 4.28. The summed E-state index contributed by atoms with van der Waals surface area (Å²) in [6, 6.07) is 8.08. The van der Waals surface area contributed by atoms with Crippen molar-refractivity contribution in [2.45, 2.75) is 26.0 Å². The zero-order valence-electron chi connectivity index (χ0n) is 11.4. The lowest BCUT2D eigenvalue weighted by Crippen LogP contribution is -2.02. The van der Waals surface area contributed by atoms with Crippen molar-refractivity contribution in [2.75, 3.05) is 12.4 Å². The molecule has 1 heterocycles. The second-order valence-electron chi connectivity index (χ2n) is 4.35. The fourth-order valence-electron chi connectivity index (χ4n) is 1.57. The second kappa shape index (κ2) is 6.61. The minimum Gasteiger partial charge on any atom is -0.493 e. The molecular formula is C14H18N2O2S. The maximum absolute atomic E-state index is 5.66. The number of aryl methyl sites for hydroxylation is 2. The van der Waals surface area contributed by atoms with E-state index < -0.39 is 0 Å². The largest absolute Gasteiger partial charge is 0.493 e. The van der Waals surface area contributed by atoms with Crippen LogP contribution in [0.2, 0.25) is 0 Å². The van der Waals surface area contributed by atoms with Gasteiger partial charge in [0.1, 0.15) is 5.75 Å². The van der Waals surface area contributed by atoms with Crippen molar-refractivity contribution in [3.05, 3.63) is 41.5 Å². The fourth-order valence-corrected chi connectivity index (χ4v) is 2.34. The highest BCUT2D eigenvalue weighted by molar-refractivity contribution is 7.99. The Morgan fingerprint density at radius 1 is 1.26 bits per heavy atom. The van der Waals surface area contributed by atoms with Crippen LogP contribution in [0, 0.1) is 13.8 Å². The van der Waals surface area contributed by atoms with Crippen molar-refractivity contribution in [3.63, 3.8) is 0 Å². The first kappa shape index (κ1) is 13.9. The van der Waals surface area contributed by atoms with Gasteiger partial charge in [-0.2, -0.15) is 4.98 Å². The molecule has 0 aliphatic rings. The summed E-state index contributed by atoms with van der Waals surface area (Å²) in [6.45, 7) is 6.62. The van der Waals surface area contributed by atoms with Crippen molar-refractivity contribution in [2.24, 2.45) is 0 Å². The van der Waals surface area contributed by atoms with E-state index in [9.17, 15) is 0 Å². The van der Waals surface area contributed by atoms with E-state index in [0.29, 0.717) is 18.3 Å². The summed E-state index contributed by atoms with van der Waals surface area (Å²) in [4.78, 5) is 4.22. The van der Waals surface area contributed by atoms with Crippen molar-refractivity contribution in [1.29, 1.82) is 0 Å². The molecule has 0 radical (unpaired) electrons. The van der Waals surface area contributed by atoms with Crippen molar-refractivity contribution in [3.8, 4) is 5.75 Å². The second-order valence-corrected chi connectivity index (χ2v) is 5.80. The van der Waals surface area contributed by atoms with Crippen LogP contribution in [0.5, 0.6) is 5.75 Å². The number of hydrogen-bond donors (Lipinski definition) is 0. The number of nitrogens with zero attached hydrogens (tertiary/aromatic N) is 2. The summed E-state index contributed by atoms with van der Waals surface area (Å²) in [6.07, 6.45) is 0. The average molecular weight is 278 g/mol. The van der Waals surface area contributed by atoms with Gasteiger partial charge >= 0.3 is 0 Å². The number of thioether (sulfide) groups is 1. The molecule has 0 N–H and O–H groups in total. The molecule has 2 aromatic rings. The Hall–Kier alpha value is -1.49. The lowest BCUT2D eigenvalue weighted by molar-refractivity contribution is 0.343. The van der Waals surface area contributed by atoms with Crippen LogP contribution in [0.15, 0.2) is 28.8 Å². The molecule has 0 fully saturated rings. The maximum Gasteiger partial charge on any atom is 0.239 e. The van der Waals surface area contributed by atoms with Crippen LogP contribution < -0.4 is 4.74 Å². The molecule has 1 aromatic heterocycles. The molecule has 1 aromatic carbocycles. The zero-order valence-corrected chi connectivity index (χ0v) is 12.2. The average Bonchev–Trinajstić information content (AvgIpc) is 2.83. The molecule has 2 rings (SSSR count). The molecular weight excluding hydrogens is 260 g/mol. The lowest BCUT2D eigenvalue weighted by atomic mass is 10.2. The summed E-state index contributed by atoms with van der Waals surface area (Å²) in [5.74, 6) is 3.15. The van der Waals surface area contributed by atoms with Gasteiger partial charge in [-0.05, 0) is 32.9 Å². The molecule has 0 saturated carbocycles. The minimum absolute atomic E-state index is 0.197. The third-order valence-electron chi connectivity index (χ3n) is 2.63. The van der Waals surface area contributed by atoms with Gasteiger partial charge in [-0.15, -0.1) is 11.8 Å². The zero-order chi connectivity index (χ0) is 13.7. The van der Waals surface area contributed by atoms with E-state index in [1.165, 1.54) is 5.56 Å². The van der Waals surface area contributed by atoms with E-state index >= 15 is 0 Å². The summed E-state index contributed by atoms with van der Waals surface area (Å²) >= 11 is 1.74. The molecule has 0 amide bonds. The molecule has 102 valence electrons. The van der Waals surface area contributed by atoms with Gasteiger partial charge in [0.25, 0.3) is 0 Å². The highest BCUT2D eigenvalue weighted by Gasteiger charge is 2.12. The van der Waals surface area contributed by atoms with E-state index in [0.717, 1.165) is 11.5 Å². The first-order valence-electron chi connectivity index (χ1n) is 6.26. The van der Waals surface area contributed by atoms with Crippen LogP contribution in [0.25, 0.3) is 0 Å². The monoisotopic (exact) mass is 278 g/mol. The van der Waals surface area contributed by atoms with Gasteiger partial charge in [0.05, 0.1) is 11.9 Å². The Balaban J connectivity index is 1.70. The Kier molecular flexibility index (Phi) is 4.85. The molecule has 0 spiro atoms. The van der Waals surface area contributed by atoms with E-state index in [2.05, 4.69) is 24.0 Å². The maximum atomic E-state index is 5.66. The normalized spacial score (nSPS) is 12.4. The number of benzene rings is 1. The Morgan fingerprint density at radius 3 is 2.63 bits per heavy atom. The molecule has 1 atom stereocenters. The SMILES string of the molecule is Cc1ccc(OCCS[C@H](C)c2nc(C)no2)cc1. The van der Waals surface area contributed by atoms with E-state index in [1.807, 2.05) is 31.2 Å². The van der Waals surface area contributed by atoms with Crippen molar-refractivity contribution < 1.29 is 9.26 Å². The highest BCUT2D eigenvalue weighted by atomic mass is 32.2. The Bertz CT molecular complexity index is 510. The topological polar surface area (TPSA) is 48.2 Å². The first-order valence-corrected chi connectivity index (χ1v) is 7.31. The van der Waals surface area contributed by atoms with E-state index in [1.54, 1.807) is 11.8 Å². The van der Waals surface area contributed by atoms with Crippen LogP contribution in [0.3, 0.4) is 0 Å². The fraction of sp³-hybridized carbons (Fsp3) is 0.429. The van der Waals surface area contributed by atoms with Gasteiger partial charge in [0.2, 0.25) is 5.89 Å². The molecule has 0 saturated heterocycles. The number of ether oxygens (including phenoxy) is 1.